The first kappa shape index (κ1) is 11.1. The van der Waals surface area contributed by atoms with Gasteiger partial charge in [-0.05, 0) is 46.6 Å². The van der Waals surface area contributed by atoms with E-state index in [2.05, 4.69) is 31.2 Å². The number of anilines is 1. The highest BCUT2D eigenvalue weighted by Gasteiger charge is 2.03. The summed E-state index contributed by atoms with van der Waals surface area (Å²) in [7, 11) is 0. The normalized spacial score (nSPS) is 10.1. The van der Waals surface area contributed by atoms with Crippen LogP contribution < -0.4 is 5.32 Å². The van der Waals surface area contributed by atoms with Crippen molar-refractivity contribution in [1.29, 1.82) is 0 Å². The number of aryl methyl sites for hydroxylation is 1. The molecule has 2 aromatic rings. The SMILES string of the molecule is Cc1ccnc(NCc2ccccn2)c1Br. The first-order valence-corrected chi connectivity index (χ1v) is 5.81. The minimum Gasteiger partial charge on any atom is -0.363 e. The molecule has 2 heterocycles. The van der Waals surface area contributed by atoms with Crippen LogP contribution in [0.4, 0.5) is 5.82 Å². The Bertz CT molecular complexity index is 471. The van der Waals surface area contributed by atoms with Gasteiger partial charge >= 0.3 is 0 Å². The lowest BCUT2D eigenvalue weighted by Crippen LogP contribution is -2.03. The first-order valence-electron chi connectivity index (χ1n) is 5.02. The van der Waals surface area contributed by atoms with Crippen molar-refractivity contribution < 1.29 is 0 Å². The Morgan fingerprint density at radius 1 is 1.19 bits per heavy atom. The van der Waals surface area contributed by atoms with Gasteiger partial charge < -0.3 is 5.32 Å². The molecule has 0 amide bonds. The van der Waals surface area contributed by atoms with Crippen molar-refractivity contribution in [3.8, 4) is 0 Å². The average Bonchev–Trinajstić information content (AvgIpc) is 2.32. The second-order valence-electron chi connectivity index (χ2n) is 3.47. The van der Waals surface area contributed by atoms with E-state index in [1.54, 1.807) is 12.4 Å². The van der Waals surface area contributed by atoms with Crippen LogP contribution >= 0.6 is 15.9 Å². The van der Waals surface area contributed by atoms with E-state index in [1.807, 2.05) is 31.2 Å². The number of halogens is 1. The van der Waals surface area contributed by atoms with E-state index >= 15 is 0 Å². The van der Waals surface area contributed by atoms with E-state index in [-0.39, 0.29) is 0 Å². The molecule has 0 aliphatic carbocycles. The monoisotopic (exact) mass is 277 g/mol. The van der Waals surface area contributed by atoms with Crippen LogP contribution in [0, 0.1) is 6.92 Å². The van der Waals surface area contributed by atoms with Crippen LogP contribution in [0.5, 0.6) is 0 Å². The lowest BCUT2D eigenvalue weighted by Gasteiger charge is -2.08. The zero-order valence-corrected chi connectivity index (χ0v) is 10.5. The molecular formula is C12H12BrN3. The Labute approximate surface area is 103 Å². The summed E-state index contributed by atoms with van der Waals surface area (Å²) in [6.07, 6.45) is 3.58. The molecule has 2 rings (SSSR count). The predicted molar refractivity (Wildman–Crippen MR) is 68.2 cm³/mol. The molecule has 0 atom stereocenters. The second-order valence-corrected chi connectivity index (χ2v) is 4.26. The van der Waals surface area contributed by atoms with Crippen molar-refractivity contribution in [2.45, 2.75) is 13.5 Å². The van der Waals surface area contributed by atoms with Gasteiger partial charge in [-0.25, -0.2) is 4.98 Å². The fraction of sp³-hybridized carbons (Fsp3) is 0.167. The maximum atomic E-state index is 4.27. The molecule has 2 aromatic heterocycles. The van der Waals surface area contributed by atoms with Crippen LogP contribution in [-0.4, -0.2) is 9.97 Å². The maximum Gasteiger partial charge on any atom is 0.140 e. The lowest BCUT2D eigenvalue weighted by atomic mass is 10.3. The van der Waals surface area contributed by atoms with Crippen molar-refractivity contribution in [3.63, 3.8) is 0 Å². The highest BCUT2D eigenvalue weighted by atomic mass is 79.9. The molecule has 4 heteroatoms. The first-order chi connectivity index (χ1) is 7.77. The van der Waals surface area contributed by atoms with E-state index in [9.17, 15) is 0 Å². The zero-order valence-electron chi connectivity index (χ0n) is 8.94. The van der Waals surface area contributed by atoms with Crippen molar-refractivity contribution in [3.05, 3.63) is 52.4 Å². The summed E-state index contributed by atoms with van der Waals surface area (Å²) < 4.78 is 1.01. The van der Waals surface area contributed by atoms with Gasteiger partial charge in [-0.2, -0.15) is 0 Å². The van der Waals surface area contributed by atoms with Gasteiger partial charge in [0.05, 0.1) is 16.7 Å². The van der Waals surface area contributed by atoms with Crippen LogP contribution in [0.15, 0.2) is 41.1 Å². The minimum absolute atomic E-state index is 0.676. The van der Waals surface area contributed by atoms with Crippen molar-refractivity contribution in [2.24, 2.45) is 0 Å². The molecule has 0 aliphatic heterocycles. The number of hydrogen-bond acceptors (Lipinski definition) is 3. The number of pyridine rings is 2. The number of aromatic nitrogens is 2. The summed E-state index contributed by atoms with van der Waals surface area (Å²) in [4.78, 5) is 8.51. The van der Waals surface area contributed by atoms with Gasteiger partial charge in [0.2, 0.25) is 0 Å². The Morgan fingerprint density at radius 2 is 2.06 bits per heavy atom. The number of hydrogen-bond donors (Lipinski definition) is 1. The fourth-order valence-electron chi connectivity index (χ4n) is 1.34. The molecule has 16 heavy (non-hydrogen) atoms. The van der Waals surface area contributed by atoms with Gasteiger partial charge in [0.15, 0.2) is 0 Å². The number of nitrogens with zero attached hydrogens (tertiary/aromatic N) is 2. The summed E-state index contributed by atoms with van der Waals surface area (Å²) in [5, 5.41) is 3.25. The molecule has 1 N–H and O–H groups in total. The Hall–Kier alpha value is -1.42. The third-order valence-electron chi connectivity index (χ3n) is 2.25. The third kappa shape index (κ3) is 2.58. The van der Waals surface area contributed by atoms with Gasteiger partial charge in [0.1, 0.15) is 5.82 Å². The Kier molecular flexibility index (Phi) is 3.51. The van der Waals surface area contributed by atoms with E-state index in [4.69, 9.17) is 0 Å². The Morgan fingerprint density at radius 3 is 2.81 bits per heavy atom. The van der Waals surface area contributed by atoms with Crippen LogP contribution in [0.1, 0.15) is 11.3 Å². The lowest BCUT2D eigenvalue weighted by molar-refractivity contribution is 1.02. The van der Waals surface area contributed by atoms with Gasteiger partial charge in [0.25, 0.3) is 0 Å². The van der Waals surface area contributed by atoms with Crippen molar-refractivity contribution in [1.82, 2.24) is 9.97 Å². The van der Waals surface area contributed by atoms with Gasteiger partial charge in [-0.1, -0.05) is 6.07 Å². The molecule has 0 bridgehead atoms. The maximum absolute atomic E-state index is 4.27. The molecule has 3 nitrogen and oxygen atoms in total. The average molecular weight is 278 g/mol. The van der Waals surface area contributed by atoms with Crippen LogP contribution in [0.3, 0.4) is 0 Å². The molecule has 0 saturated carbocycles. The van der Waals surface area contributed by atoms with Gasteiger partial charge in [-0.15, -0.1) is 0 Å². The van der Waals surface area contributed by atoms with E-state index in [0.717, 1.165) is 16.0 Å². The number of rotatable bonds is 3. The molecule has 0 spiro atoms. The minimum atomic E-state index is 0.676. The second kappa shape index (κ2) is 5.07. The van der Waals surface area contributed by atoms with Crippen LogP contribution in [-0.2, 0) is 6.54 Å². The fourth-order valence-corrected chi connectivity index (χ4v) is 1.72. The standard InChI is InChI=1S/C12H12BrN3/c1-9-5-7-15-12(11(9)13)16-8-10-4-2-3-6-14-10/h2-7H,8H2,1H3,(H,15,16). The molecule has 0 unspecified atom stereocenters. The molecule has 82 valence electrons. The van der Waals surface area contributed by atoms with Crippen LogP contribution in [0.25, 0.3) is 0 Å². The highest BCUT2D eigenvalue weighted by molar-refractivity contribution is 9.10. The molecule has 0 aliphatic rings. The summed E-state index contributed by atoms with van der Waals surface area (Å²) >= 11 is 3.51. The van der Waals surface area contributed by atoms with Gasteiger partial charge in [0, 0.05) is 12.4 Å². The molecule has 0 radical (unpaired) electrons. The largest absolute Gasteiger partial charge is 0.363 e. The van der Waals surface area contributed by atoms with E-state index < -0.39 is 0 Å². The van der Waals surface area contributed by atoms with Crippen molar-refractivity contribution >= 4 is 21.7 Å². The topological polar surface area (TPSA) is 37.8 Å². The van der Waals surface area contributed by atoms with E-state index in [0.29, 0.717) is 6.54 Å². The summed E-state index contributed by atoms with van der Waals surface area (Å²) in [5.74, 6) is 0.852. The summed E-state index contributed by atoms with van der Waals surface area (Å²) in [6, 6.07) is 7.83. The van der Waals surface area contributed by atoms with E-state index in [1.165, 1.54) is 5.56 Å². The Balaban J connectivity index is 2.08. The van der Waals surface area contributed by atoms with Crippen molar-refractivity contribution in [2.75, 3.05) is 5.32 Å². The highest BCUT2D eigenvalue weighted by Crippen LogP contribution is 2.23. The molecular weight excluding hydrogens is 266 g/mol. The quantitative estimate of drug-likeness (QED) is 0.937. The summed E-state index contributed by atoms with van der Waals surface area (Å²) in [5.41, 5.74) is 2.16. The molecule has 0 saturated heterocycles. The number of nitrogens with one attached hydrogen (secondary N) is 1. The molecule has 0 fully saturated rings. The molecule has 0 aromatic carbocycles. The third-order valence-corrected chi connectivity index (χ3v) is 3.25. The zero-order chi connectivity index (χ0) is 11.4. The van der Waals surface area contributed by atoms with Gasteiger partial charge in [-0.3, -0.25) is 4.98 Å². The summed E-state index contributed by atoms with van der Waals surface area (Å²) in [6.45, 7) is 2.72. The smallest absolute Gasteiger partial charge is 0.140 e. The van der Waals surface area contributed by atoms with Crippen LogP contribution in [0.2, 0.25) is 0 Å². The predicted octanol–water partition coefficient (Wildman–Crippen LogP) is 3.16.